The summed E-state index contributed by atoms with van der Waals surface area (Å²) in [7, 11) is 0. The lowest BCUT2D eigenvalue weighted by atomic mass is 10.1. The summed E-state index contributed by atoms with van der Waals surface area (Å²) in [6, 6.07) is 1.95. The quantitative estimate of drug-likeness (QED) is 0.776. The van der Waals surface area contributed by atoms with Gasteiger partial charge in [-0.2, -0.15) is 16.4 Å². The van der Waals surface area contributed by atoms with Crippen LogP contribution in [0, 0.1) is 0 Å². The molecule has 8 heteroatoms. The van der Waals surface area contributed by atoms with Crippen molar-refractivity contribution in [2.45, 2.75) is 25.8 Å². The highest BCUT2D eigenvalue weighted by atomic mass is 32.1. The Morgan fingerprint density at radius 2 is 2.32 bits per heavy atom. The number of rotatable bonds is 3. The maximum atomic E-state index is 12.5. The van der Waals surface area contributed by atoms with Crippen LogP contribution in [-0.2, 0) is 13.0 Å². The normalized spacial score (nSPS) is 13.8. The fourth-order valence-corrected chi connectivity index (χ4v) is 3.30. The first-order chi connectivity index (χ1) is 10.8. The number of thiophene rings is 1. The highest BCUT2D eigenvalue weighted by Gasteiger charge is 2.20. The monoisotopic (exact) mass is 314 g/mol. The maximum absolute atomic E-state index is 12.5. The van der Waals surface area contributed by atoms with Crippen molar-refractivity contribution in [3.63, 3.8) is 0 Å². The molecule has 7 nitrogen and oxygen atoms in total. The molecule has 1 amide bonds. The van der Waals surface area contributed by atoms with Crippen LogP contribution in [0.3, 0.4) is 0 Å². The standard InChI is InChI=1S/C14H14N6OS/c21-13(10-7-15-18-12(10)9-4-6-22-8-9)16-14-19-17-11-3-1-2-5-20(11)14/h4,6-8H,1-3,5H2,(H,15,18)(H,16,19,21). The third kappa shape index (κ3) is 2.21. The van der Waals surface area contributed by atoms with E-state index in [1.54, 1.807) is 11.3 Å². The molecule has 0 bridgehead atoms. The number of carbonyl (C=O) groups is 1. The molecular formula is C14H14N6OS. The van der Waals surface area contributed by atoms with Gasteiger partial charge < -0.3 is 0 Å². The molecule has 0 atom stereocenters. The first-order valence-corrected chi connectivity index (χ1v) is 8.06. The minimum Gasteiger partial charge on any atom is -0.297 e. The van der Waals surface area contributed by atoms with E-state index in [1.165, 1.54) is 6.20 Å². The lowest BCUT2D eigenvalue weighted by Gasteiger charge is -2.14. The molecular weight excluding hydrogens is 300 g/mol. The summed E-state index contributed by atoms with van der Waals surface area (Å²) in [4.78, 5) is 12.5. The number of nitrogens with one attached hydrogen (secondary N) is 2. The number of aromatic nitrogens is 5. The second kappa shape index (κ2) is 5.38. The molecule has 4 heterocycles. The van der Waals surface area contributed by atoms with Crippen LogP contribution in [-0.4, -0.2) is 30.9 Å². The molecule has 3 aromatic rings. The van der Waals surface area contributed by atoms with E-state index in [9.17, 15) is 4.79 Å². The fraction of sp³-hybridized carbons (Fsp3) is 0.286. The number of aromatic amines is 1. The van der Waals surface area contributed by atoms with E-state index < -0.39 is 0 Å². The van der Waals surface area contributed by atoms with Crippen LogP contribution in [0.2, 0.25) is 0 Å². The number of hydrogen-bond donors (Lipinski definition) is 2. The molecule has 2 N–H and O–H groups in total. The van der Waals surface area contributed by atoms with Crippen molar-refractivity contribution in [1.82, 2.24) is 25.0 Å². The lowest BCUT2D eigenvalue weighted by Crippen LogP contribution is -2.18. The number of carbonyl (C=O) groups excluding carboxylic acids is 1. The summed E-state index contributed by atoms with van der Waals surface area (Å²) in [6.07, 6.45) is 4.65. The van der Waals surface area contributed by atoms with Gasteiger partial charge in [-0.15, -0.1) is 10.2 Å². The van der Waals surface area contributed by atoms with Gasteiger partial charge in [-0.05, 0) is 24.3 Å². The predicted octanol–water partition coefficient (Wildman–Crippen LogP) is 2.32. The Hall–Kier alpha value is -2.48. The zero-order valence-electron chi connectivity index (χ0n) is 11.7. The summed E-state index contributed by atoms with van der Waals surface area (Å²) >= 11 is 1.58. The van der Waals surface area contributed by atoms with Gasteiger partial charge >= 0.3 is 0 Å². The fourth-order valence-electron chi connectivity index (χ4n) is 2.65. The van der Waals surface area contributed by atoms with Gasteiger partial charge in [-0.25, -0.2) is 0 Å². The Labute approximate surface area is 130 Å². The average Bonchev–Trinajstić information content (AvgIpc) is 3.27. The molecule has 0 spiro atoms. The van der Waals surface area contributed by atoms with Crippen LogP contribution in [0.15, 0.2) is 23.0 Å². The molecule has 0 saturated heterocycles. The van der Waals surface area contributed by atoms with E-state index >= 15 is 0 Å². The smallest absolute Gasteiger partial charge is 0.261 e. The van der Waals surface area contributed by atoms with E-state index in [1.807, 2.05) is 21.4 Å². The Balaban J connectivity index is 1.61. The maximum Gasteiger partial charge on any atom is 0.261 e. The van der Waals surface area contributed by atoms with Crippen LogP contribution in [0.1, 0.15) is 29.0 Å². The zero-order valence-corrected chi connectivity index (χ0v) is 12.6. The molecule has 0 radical (unpaired) electrons. The van der Waals surface area contributed by atoms with Gasteiger partial charge in [0, 0.05) is 23.9 Å². The first-order valence-electron chi connectivity index (χ1n) is 7.12. The van der Waals surface area contributed by atoms with Crippen molar-refractivity contribution in [3.05, 3.63) is 34.4 Å². The van der Waals surface area contributed by atoms with Crippen LogP contribution >= 0.6 is 11.3 Å². The molecule has 1 aliphatic rings. The highest BCUT2D eigenvalue weighted by Crippen LogP contribution is 2.24. The summed E-state index contributed by atoms with van der Waals surface area (Å²) in [5, 5.41) is 21.9. The minimum absolute atomic E-state index is 0.226. The van der Waals surface area contributed by atoms with Crippen LogP contribution in [0.4, 0.5) is 5.95 Å². The molecule has 0 saturated carbocycles. The van der Waals surface area contributed by atoms with Gasteiger partial charge in [-0.1, -0.05) is 0 Å². The molecule has 4 rings (SSSR count). The van der Waals surface area contributed by atoms with E-state index in [-0.39, 0.29) is 5.91 Å². The Morgan fingerprint density at radius 3 is 3.18 bits per heavy atom. The Morgan fingerprint density at radius 1 is 1.36 bits per heavy atom. The van der Waals surface area contributed by atoms with Crippen molar-refractivity contribution < 1.29 is 4.79 Å². The van der Waals surface area contributed by atoms with Crippen LogP contribution in [0.5, 0.6) is 0 Å². The number of anilines is 1. The van der Waals surface area contributed by atoms with E-state index in [0.29, 0.717) is 11.5 Å². The number of aryl methyl sites for hydroxylation is 1. The number of hydrogen-bond acceptors (Lipinski definition) is 5. The highest BCUT2D eigenvalue weighted by molar-refractivity contribution is 7.08. The molecule has 0 fully saturated rings. The summed E-state index contributed by atoms with van der Waals surface area (Å²) < 4.78 is 1.98. The van der Waals surface area contributed by atoms with E-state index in [4.69, 9.17) is 0 Å². The van der Waals surface area contributed by atoms with Crippen molar-refractivity contribution in [2.75, 3.05) is 5.32 Å². The van der Waals surface area contributed by atoms with Crippen molar-refractivity contribution in [3.8, 4) is 11.3 Å². The van der Waals surface area contributed by atoms with E-state index in [0.717, 1.165) is 42.9 Å². The number of fused-ring (bicyclic) bond motifs is 1. The molecule has 1 aliphatic heterocycles. The molecule has 3 aromatic heterocycles. The van der Waals surface area contributed by atoms with E-state index in [2.05, 4.69) is 25.7 Å². The summed E-state index contributed by atoms with van der Waals surface area (Å²) in [5.74, 6) is 1.22. The van der Waals surface area contributed by atoms with Crippen molar-refractivity contribution in [1.29, 1.82) is 0 Å². The molecule has 0 aromatic carbocycles. The van der Waals surface area contributed by atoms with Gasteiger partial charge in [0.2, 0.25) is 5.95 Å². The third-order valence-corrected chi connectivity index (χ3v) is 4.46. The molecule has 0 unspecified atom stereocenters. The summed E-state index contributed by atoms with van der Waals surface area (Å²) in [6.45, 7) is 0.848. The average molecular weight is 314 g/mol. The first kappa shape index (κ1) is 13.2. The Bertz CT molecular complexity index is 803. The van der Waals surface area contributed by atoms with Gasteiger partial charge in [-0.3, -0.25) is 19.8 Å². The van der Waals surface area contributed by atoms with Crippen molar-refractivity contribution >= 4 is 23.2 Å². The molecule has 0 aliphatic carbocycles. The van der Waals surface area contributed by atoms with Crippen molar-refractivity contribution in [2.24, 2.45) is 0 Å². The SMILES string of the molecule is O=C(Nc1nnc2n1CCCC2)c1cn[nH]c1-c1ccsc1. The van der Waals surface area contributed by atoms with Gasteiger partial charge in [0.05, 0.1) is 17.5 Å². The molecule has 112 valence electrons. The zero-order chi connectivity index (χ0) is 14.9. The Kier molecular flexibility index (Phi) is 3.23. The van der Waals surface area contributed by atoms with Gasteiger partial charge in [0.25, 0.3) is 5.91 Å². The largest absolute Gasteiger partial charge is 0.297 e. The molecule has 22 heavy (non-hydrogen) atoms. The third-order valence-electron chi connectivity index (χ3n) is 3.78. The minimum atomic E-state index is -0.226. The summed E-state index contributed by atoms with van der Waals surface area (Å²) in [5.41, 5.74) is 2.18. The number of H-pyrrole nitrogens is 1. The number of nitrogens with zero attached hydrogens (tertiary/aromatic N) is 4. The van der Waals surface area contributed by atoms with Gasteiger partial charge in [0.15, 0.2) is 0 Å². The second-order valence-electron chi connectivity index (χ2n) is 5.17. The lowest BCUT2D eigenvalue weighted by molar-refractivity contribution is 0.102. The van der Waals surface area contributed by atoms with Crippen LogP contribution < -0.4 is 5.32 Å². The second-order valence-corrected chi connectivity index (χ2v) is 5.95. The van der Waals surface area contributed by atoms with Gasteiger partial charge in [0.1, 0.15) is 5.82 Å². The number of amides is 1. The predicted molar refractivity (Wildman–Crippen MR) is 82.8 cm³/mol. The topological polar surface area (TPSA) is 88.5 Å². The van der Waals surface area contributed by atoms with Crippen LogP contribution in [0.25, 0.3) is 11.3 Å².